The van der Waals surface area contributed by atoms with Crippen LogP contribution in [-0.4, -0.2) is 36.5 Å². The van der Waals surface area contributed by atoms with Crippen molar-refractivity contribution in [3.63, 3.8) is 0 Å². The summed E-state index contributed by atoms with van der Waals surface area (Å²) in [4.78, 5) is 14.7. The van der Waals surface area contributed by atoms with Crippen LogP contribution in [0.4, 0.5) is 0 Å². The van der Waals surface area contributed by atoms with Crippen LogP contribution < -0.4 is 10.5 Å². The van der Waals surface area contributed by atoms with Crippen molar-refractivity contribution < 1.29 is 9.53 Å². The van der Waals surface area contributed by atoms with Crippen LogP contribution in [0.15, 0.2) is 24.3 Å². The molecule has 1 heterocycles. The van der Waals surface area contributed by atoms with Crippen LogP contribution in [0.2, 0.25) is 0 Å². The summed E-state index contributed by atoms with van der Waals surface area (Å²) < 4.78 is 5.94. The Hall–Kier alpha value is -1.55. The molecule has 1 aromatic carbocycles. The molecule has 136 valence electrons. The van der Waals surface area contributed by atoms with Gasteiger partial charge in [-0.3, -0.25) is 4.79 Å². The van der Waals surface area contributed by atoms with E-state index in [0.29, 0.717) is 17.8 Å². The molecular weight excluding hydrogens is 312 g/mol. The van der Waals surface area contributed by atoms with Crippen molar-refractivity contribution in [1.82, 2.24) is 4.90 Å². The van der Waals surface area contributed by atoms with E-state index >= 15 is 0 Å². The third kappa shape index (κ3) is 3.69. The first kappa shape index (κ1) is 16.9. The predicted molar refractivity (Wildman–Crippen MR) is 98.6 cm³/mol. The second-order valence-corrected chi connectivity index (χ2v) is 8.21. The van der Waals surface area contributed by atoms with E-state index in [-0.39, 0.29) is 11.9 Å². The lowest BCUT2D eigenvalue weighted by Gasteiger charge is -2.22. The number of nitrogens with two attached hydrogens (primary N) is 1. The highest BCUT2D eigenvalue weighted by Crippen LogP contribution is 2.37. The number of hydrogen-bond donors (Lipinski definition) is 1. The zero-order valence-corrected chi connectivity index (χ0v) is 15.0. The van der Waals surface area contributed by atoms with Gasteiger partial charge in [-0.05, 0) is 67.7 Å². The van der Waals surface area contributed by atoms with Gasteiger partial charge in [0, 0.05) is 24.7 Å². The molecule has 1 aliphatic heterocycles. The van der Waals surface area contributed by atoms with Gasteiger partial charge in [-0.1, -0.05) is 19.3 Å². The van der Waals surface area contributed by atoms with E-state index in [2.05, 4.69) is 0 Å². The molecule has 0 bridgehead atoms. The monoisotopic (exact) mass is 342 g/mol. The van der Waals surface area contributed by atoms with E-state index in [4.69, 9.17) is 10.5 Å². The molecule has 25 heavy (non-hydrogen) atoms. The number of fused-ring (bicyclic) bond motifs is 1. The smallest absolute Gasteiger partial charge is 0.253 e. The average molecular weight is 342 g/mol. The van der Waals surface area contributed by atoms with E-state index in [1.807, 2.05) is 29.2 Å². The second-order valence-electron chi connectivity index (χ2n) is 8.21. The molecule has 3 atom stereocenters. The fourth-order valence-electron chi connectivity index (χ4n) is 4.92. The topological polar surface area (TPSA) is 55.6 Å². The molecule has 4 rings (SSSR count). The van der Waals surface area contributed by atoms with Gasteiger partial charge in [-0.25, -0.2) is 0 Å². The molecule has 0 aromatic heterocycles. The Morgan fingerprint density at radius 2 is 1.80 bits per heavy atom. The molecule has 4 heteroatoms. The summed E-state index contributed by atoms with van der Waals surface area (Å²) in [6, 6.07) is 7.98. The number of ether oxygens (including phenoxy) is 1. The number of nitrogens with zero attached hydrogens (tertiary/aromatic N) is 1. The molecule has 3 unspecified atom stereocenters. The fourth-order valence-corrected chi connectivity index (χ4v) is 4.92. The summed E-state index contributed by atoms with van der Waals surface area (Å²) in [5, 5.41) is 0. The molecule has 0 spiro atoms. The number of carbonyl (C=O) groups excluding carboxylic acids is 1. The highest BCUT2D eigenvalue weighted by atomic mass is 16.5. The Morgan fingerprint density at radius 3 is 2.52 bits per heavy atom. The SMILES string of the molecule is NC1CCC2CN(C(=O)c3ccc(OCC4CCCCC4)cc3)CC12. The lowest BCUT2D eigenvalue weighted by Crippen LogP contribution is -2.33. The van der Waals surface area contributed by atoms with E-state index in [1.54, 1.807) is 0 Å². The summed E-state index contributed by atoms with van der Waals surface area (Å²) in [6.07, 6.45) is 8.91. The highest BCUT2D eigenvalue weighted by molar-refractivity contribution is 5.94. The van der Waals surface area contributed by atoms with Crippen LogP contribution in [0.5, 0.6) is 5.75 Å². The first-order valence-corrected chi connectivity index (χ1v) is 9.98. The minimum absolute atomic E-state index is 0.139. The third-order valence-electron chi connectivity index (χ3n) is 6.51. The standard InChI is InChI=1S/C21H30N2O2/c22-20-11-8-17-12-23(13-19(17)20)21(24)16-6-9-18(10-7-16)25-14-15-4-2-1-3-5-15/h6-7,9-10,15,17,19-20H,1-5,8,11-14,22H2. The minimum atomic E-state index is 0.139. The van der Waals surface area contributed by atoms with Crippen LogP contribution in [0.3, 0.4) is 0 Å². The van der Waals surface area contributed by atoms with Gasteiger partial charge in [-0.2, -0.15) is 0 Å². The Kier molecular flexibility index (Phi) is 4.98. The lowest BCUT2D eigenvalue weighted by atomic mass is 9.90. The summed E-state index contributed by atoms with van der Waals surface area (Å²) in [7, 11) is 0. The first-order chi connectivity index (χ1) is 12.2. The lowest BCUT2D eigenvalue weighted by molar-refractivity contribution is 0.0779. The normalized spacial score (nSPS) is 29.6. The number of benzene rings is 1. The van der Waals surface area contributed by atoms with Crippen molar-refractivity contribution >= 4 is 5.91 Å². The number of carbonyl (C=O) groups is 1. The summed E-state index contributed by atoms with van der Waals surface area (Å²) in [5.74, 6) is 2.82. The van der Waals surface area contributed by atoms with Crippen molar-refractivity contribution in [3.8, 4) is 5.75 Å². The Labute approximate surface area is 150 Å². The largest absolute Gasteiger partial charge is 0.493 e. The Bertz CT molecular complexity index is 594. The maximum Gasteiger partial charge on any atom is 0.253 e. The molecule has 1 saturated heterocycles. The molecule has 3 aliphatic rings. The molecular formula is C21H30N2O2. The van der Waals surface area contributed by atoms with Crippen LogP contribution >= 0.6 is 0 Å². The molecule has 2 aliphatic carbocycles. The van der Waals surface area contributed by atoms with Crippen molar-refractivity contribution in [1.29, 1.82) is 0 Å². The summed E-state index contributed by atoms with van der Waals surface area (Å²) in [6.45, 7) is 2.50. The molecule has 2 saturated carbocycles. The minimum Gasteiger partial charge on any atom is -0.493 e. The number of amides is 1. The van der Waals surface area contributed by atoms with Gasteiger partial charge in [0.15, 0.2) is 0 Å². The van der Waals surface area contributed by atoms with Gasteiger partial charge in [0.2, 0.25) is 0 Å². The molecule has 1 amide bonds. The van der Waals surface area contributed by atoms with Crippen LogP contribution in [-0.2, 0) is 0 Å². The zero-order valence-electron chi connectivity index (χ0n) is 15.0. The average Bonchev–Trinajstić information content (AvgIpc) is 3.23. The number of likely N-dealkylation sites (tertiary alicyclic amines) is 1. The van der Waals surface area contributed by atoms with Gasteiger partial charge in [0.05, 0.1) is 6.61 Å². The number of rotatable bonds is 4. The van der Waals surface area contributed by atoms with Crippen LogP contribution in [0.1, 0.15) is 55.3 Å². The zero-order chi connectivity index (χ0) is 17.2. The van der Waals surface area contributed by atoms with Gasteiger partial charge in [0.1, 0.15) is 5.75 Å². The Morgan fingerprint density at radius 1 is 1.04 bits per heavy atom. The molecule has 4 nitrogen and oxygen atoms in total. The maximum atomic E-state index is 12.7. The maximum absolute atomic E-state index is 12.7. The van der Waals surface area contributed by atoms with E-state index in [0.717, 1.165) is 37.4 Å². The van der Waals surface area contributed by atoms with E-state index < -0.39 is 0 Å². The summed E-state index contributed by atoms with van der Waals surface area (Å²) >= 11 is 0. The Balaban J connectivity index is 1.31. The molecule has 3 fully saturated rings. The van der Waals surface area contributed by atoms with Gasteiger partial charge >= 0.3 is 0 Å². The van der Waals surface area contributed by atoms with Crippen molar-refractivity contribution in [3.05, 3.63) is 29.8 Å². The van der Waals surface area contributed by atoms with Crippen molar-refractivity contribution in [2.75, 3.05) is 19.7 Å². The highest BCUT2D eigenvalue weighted by Gasteiger charge is 2.42. The number of hydrogen-bond acceptors (Lipinski definition) is 3. The fraction of sp³-hybridized carbons (Fsp3) is 0.667. The van der Waals surface area contributed by atoms with Crippen molar-refractivity contribution in [2.45, 2.75) is 51.0 Å². The summed E-state index contributed by atoms with van der Waals surface area (Å²) in [5.41, 5.74) is 6.94. The second kappa shape index (κ2) is 7.36. The third-order valence-corrected chi connectivity index (χ3v) is 6.51. The van der Waals surface area contributed by atoms with Gasteiger partial charge < -0.3 is 15.4 Å². The quantitative estimate of drug-likeness (QED) is 0.912. The molecule has 2 N–H and O–H groups in total. The predicted octanol–water partition coefficient (Wildman–Crippen LogP) is 3.46. The van der Waals surface area contributed by atoms with Crippen LogP contribution in [0, 0.1) is 17.8 Å². The van der Waals surface area contributed by atoms with E-state index in [1.165, 1.54) is 38.5 Å². The van der Waals surface area contributed by atoms with E-state index in [9.17, 15) is 4.79 Å². The van der Waals surface area contributed by atoms with Gasteiger partial charge in [0.25, 0.3) is 5.91 Å². The van der Waals surface area contributed by atoms with Crippen LogP contribution in [0.25, 0.3) is 0 Å². The molecule has 0 radical (unpaired) electrons. The first-order valence-electron chi connectivity index (χ1n) is 9.98. The van der Waals surface area contributed by atoms with Gasteiger partial charge in [-0.15, -0.1) is 0 Å². The van der Waals surface area contributed by atoms with Crippen molar-refractivity contribution in [2.24, 2.45) is 23.5 Å². The molecule has 1 aromatic rings.